The number of hydrogen-bond acceptors (Lipinski definition) is 1. The van der Waals surface area contributed by atoms with Crippen LogP contribution < -0.4 is 15.9 Å². The molecule has 1 unspecified atom stereocenters. The molecular weight excluding hydrogens is 252 g/mol. The SMILES string of the molecule is CN=C(N)N(C)c1cccc(P)c1.Cl.Cl. The van der Waals surface area contributed by atoms with E-state index in [4.69, 9.17) is 5.73 Å². The highest BCUT2D eigenvalue weighted by Crippen LogP contribution is 2.10. The fourth-order valence-electron chi connectivity index (χ4n) is 1.02. The van der Waals surface area contributed by atoms with Crippen LogP contribution in [0.1, 0.15) is 0 Å². The van der Waals surface area contributed by atoms with Crippen molar-refractivity contribution < 1.29 is 0 Å². The maximum absolute atomic E-state index is 5.67. The Morgan fingerprint density at radius 3 is 2.47 bits per heavy atom. The first-order chi connectivity index (χ1) is 6.15. The maximum atomic E-state index is 5.67. The second kappa shape index (κ2) is 7.75. The third kappa shape index (κ3) is 4.70. The Balaban J connectivity index is 0. The lowest BCUT2D eigenvalue weighted by Gasteiger charge is -2.17. The lowest BCUT2D eigenvalue weighted by molar-refractivity contribution is 1.20. The number of anilines is 1. The molecule has 0 aliphatic heterocycles. The van der Waals surface area contributed by atoms with Gasteiger partial charge in [-0.3, -0.25) is 4.99 Å². The van der Waals surface area contributed by atoms with Gasteiger partial charge in [-0.25, -0.2) is 0 Å². The summed E-state index contributed by atoms with van der Waals surface area (Å²) in [7, 11) is 6.22. The molecule has 1 atom stereocenters. The normalized spacial score (nSPS) is 9.93. The quantitative estimate of drug-likeness (QED) is 0.475. The Hall–Kier alpha value is -0.500. The van der Waals surface area contributed by atoms with Gasteiger partial charge in [-0.15, -0.1) is 34.1 Å². The highest BCUT2D eigenvalue weighted by atomic mass is 35.5. The molecule has 0 saturated carbocycles. The van der Waals surface area contributed by atoms with E-state index in [2.05, 4.69) is 14.2 Å². The summed E-state index contributed by atoms with van der Waals surface area (Å²) in [6.07, 6.45) is 0. The summed E-state index contributed by atoms with van der Waals surface area (Å²) in [5.41, 5.74) is 6.71. The van der Waals surface area contributed by atoms with E-state index in [1.807, 2.05) is 36.2 Å². The van der Waals surface area contributed by atoms with Crippen LogP contribution in [0.3, 0.4) is 0 Å². The third-order valence-electron chi connectivity index (χ3n) is 1.83. The van der Waals surface area contributed by atoms with Gasteiger partial charge in [0.25, 0.3) is 0 Å². The van der Waals surface area contributed by atoms with Crippen LogP contribution in [0, 0.1) is 0 Å². The largest absolute Gasteiger partial charge is 0.370 e. The van der Waals surface area contributed by atoms with Crippen LogP contribution in [0.2, 0.25) is 0 Å². The maximum Gasteiger partial charge on any atom is 0.195 e. The molecule has 0 spiro atoms. The fourth-order valence-corrected chi connectivity index (χ4v) is 1.30. The third-order valence-corrected chi connectivity index (χ3v) is 2.19. The molecule has 0 amide bonds. The average molecular weight is 268 g/mol. The van der Waals surface area contributed by atoms with Crippen LogP contribution in [0.15, 0.2) is 29.3 Å². The van der Waals surface area contributed by atoms with Gasteiger partial charge in [0.15, 0.2) is 5.96 Å². The summed E-state index contributed by atoms with van der Waals surface area (Å²) >= 11 is 0. The number of nitrogens with two attached hydrogens (primary N) is 1. The minimum atomic E-state index is 0. The molecule has 0 aliphatic rings. The topological polar surface area (TPSA) is 41.6 Å². The van der Waals surface area contributed by atoms with Gasteiger partial charge < -0.3 is 10.6 Å². The van der Waals surface area contributed by atoms with Crippen LogP contribution in [-0.2, 0) is 0 Å². The Morgan fingerprint density at radius 1 is 1.40 bits per heavy atom. The monoisotopic (exact) mass is 267 g/mol. The van der Waals surface area contributed by atoms with Crippen molar-refractivity contribution in [2.45, 2.75) is 0 Å². The molecule has 0 saturated heterocycles. The smallest absolute Gasteiger partial charge is 0.195 e. The van der Waals surface area contributed by atoms with Crippen LogP contribution in [0.4, 0.5) is 5.69 Å². The molecule has 86 valence electrons. The zero-order chi connectivity index (χ0) is 9.84. The van der Waals surface area contributed by atoms with Crippen LogP contribution in [0.25, 0.3) is 0 Å². The Bertz CT molecular complexity index is 331. The van der Waals surface area contributed by atoms with Gasteiger partial charge >= 0.3 is 0 Å². The Labute approximate surface area is 105 Å². The van der Waals surface area contributed by atoms with Gasteiger partial charge in [0.05, 0.1) is 0 Å². The summed E-state index contributed by atoms with van der Waals surface area (Å²) in [5, 5.41) is 1.13. The van der Waals surface area contributed by atoms with E-state index in [-0.39, 0.29) is 24.8 Å². The Kier molecular flexibility index (Phi) is 8.74. The second-order valence-corrected chi connectivity index (χ2v) is 3.40. The predicted molar refractivity (Wildman–Crippen MR) is 76.2 cm³/mol. The predicted octanol–water partition coefficient (Wildman–Crippen LogP) is 1.41. The molecular formula is C9H16Cl2N3P. The molecule has 1 aromatic carbocycles. The number of halogens is 2. The van der Waals surface area contributed by atoms with E-state index in [1.54, 1.807) is 7.05 Å². The van der Waals surface area contributed by atoms with Gasteiger partial charge in [-0.2, -0.15) is 0 Å². The molecule has 0 radical (unpaired) electrons. The van der Waals surface area contributed by atoms with E-state index in [1.165, 1.54) is 0 Å². The number of hydrogen-bond donors (Lipinski definition) is 1. The van der Waals surface area contributed by atoms with E-state index < -0.39 is 0 Å². The molecule has 0 heterocycles. The molecule has 3 nitrogen and oxygen atoms in total. The van der Waals surface area contributed by atoms with Crippen LogP contribution >= 0.6 is 34.1 Å². The molecule has 0 aliphatic carbocycles. The van der Waals surface area contributed by atoms with Crippen molar-refractivity contribution in [3.63, 3.8) is 0 Å². The lowest BCUT2D eigenvalue weighted by Crippen LogP contribution is -2.33. The zero-order valence-electron chi connectivity index (χ0n) is 8.68. The van der Waals surface area contributed by atoms with Gasteiger partial charge in [0.1, 0.15) is 0 Å². The molecule has 0 fully saturated rings. The van der Waals surface area contributed by atoms with Crippen molar-refractivity contribution in [3.8, 4) is 0 Å². The van der Waals surface area contributed by atoms with Gasteiger partial charge in [-0.05, 0) is 17.4 Å². The number of nitrogens with zero attached hydrogens (tertiary/aromatic N) is 2. The minimum absolute atomic E-state index is 0. The molecule has 0 bridgehead atoms. The van der Waals surface area contributed by atoms with Crippen LogP contribution in [0.5, 0.6) is 0 Å². The van der Waals surface area contributed by atoms with E-state index in [0.29, 0.717) is 5.96 Å². The van der Waals surface area contributed by atoms with Gasteiger partial charge in [0, 0.05) is 19.8 Å². The zero-order valence-corrected chi connectivity index (χ0v) is 11.5. The number of benzene rings is 1. The standard InChI is InChI=1S/C9H14N3P.2ClH/c1-11-9(10)12(2)7-4-3-5-8(13)6-7;;/h3-6H,13H2,1-2H3,(H2,10,11);2*1H. The first-order valence-corrected chi connectivity index (χ1v) is 4.54. The number of rotatable bonds is 1. The van der Waals surface area contributed by atoms with Crippen molar-refractivity contribution in [2.75, 3.05) is 19.0 Å². The summed E-state index contributed by atoms with van der Waals surface area (Å²) in [6, 6.07) is 8.02. The van der Waals surface area contributed by atoms with Gasteiger partial charge in [-0.1, -0.05) is 12.1 Å². The minimum Gasteiger partial charge on any atom is -0.370 e. The fraction of sp³-hybridized carbons (Fsp3) is 0.222. The first-order valence-electron chi connectivity index (χ1n) is 3.96. The van der Waals surface area contributed by atoms with Gasteiger partial charge in [0.2, 0.25) is 0 Å². The summed E-state index contributed by atoms with van der Waals surface area (Å²) in [6.45, 7) is 0. The highest BCUT2D eigenvalue weighted by Gasteiger charge is 2.02. The van der Waals surface area contributed by atoms with Crippen molar-refractivity contribution in [1.29, 1.82) is 0 Å². The van der Waals surface area contributed by atoms with E-state index >= 15 is 0 Å². The van der Waals surface area contributed by atoms with Crippen molar-refractivity contribution in [1.82, 2.24) is 0 Å². The molecule has 1 rings (SSSR count). The Morgan fingerprint density at radius 2 is 2.00 bits per heavy atom. The molecule has 1 aromatic rings. The van der Waals surface area contributed by atoms with E-state index in [9.17, 15) is 0 Å². The molecule has 6 heteroatoms. The summed E-state index contributed by atoms with van der Waals surface area (Å²) in [5.74, 6) is 0.510. The molecule has 0 aromatic heterocycles. The summed E-state index contributed by atoms with van der Waals surface area (Å²) < 4.78 is 0. The van der Waals surface area contributed by atoms with E-state index in [0.717, 1.165) is 11.0 Å². The van der Waals surface area contributed by atoms with Crippen molar-refractivity contribution in [3.05, 3.63) is 24.3 Å². The molecule has 2 N–H and O–H groups in total. The van der Waals surface area contributed by atoms with Crippen molar-refractivity contribution >= 4 is 51.0 Å². The van der Waals surface area contributed by atoms with Crippen molar-refractivity contribution in [2.24, 2.45) is 10.7 Å². The first kappa shape index (κ1) is 16.9. The lowest BCUT2D eigenvalue weighted by atomic mass is 10.3. The van der Waals surface area contributed by atoms with Crippen LogP contribution in [-0.4, -0.2) is 20.1 Å². The highest BCUT2D eigenvalue weighted by molar-refractivity contribution is 7.27. The molecule has 15 heavy (non-hydrogen) atoms. The average Bonchev–Trinajstić information content (AvgIpc) is 2.15. The summed E-state index contributed by atoms with van der Waals surface area (Å²) in [4.78, 5) is 5.75. The number of guanidine groups is 1. The second-order valence-electron chi connectivity index (χ2n) is 2.74. The number of aliphatic imine (C=N–C) groups is 1.